The van der Waals surface area contributed by atoms with E-state index in [1.165, 1.54) is 51.8 Å². The number of rotatable bonds is 8. The molecule has 1 aromatic heterocycles. The molecule has 0 unspecified atom stereocenters. The van der Waals surface area contributed by atoms with Gasteiger partial charge in [0.1, 0.15) is 22.5 Å². The van der Waals surface area contributed by atoms with Gasteiger partial charge in [-0.05, 0) is 50.1 Å². The number of aromatic nitrogens is 1. The maximum absolute atomic E-state index is 13.7. The Hall–Kier alpha value is -3.09. The Morgan fingerprint density at radius 3 is 2.47 bits per heavy atom. The van der Waals surface area contributed by atoms with E-state index in [2.05, 4.69) is 4.98 Å². The van der Waals surface area contributed by atoms with Gasteiger partial charge in [0.25, 0.3) is 0 Å². The Labute approximate surface area is 209 Å². The third-order valence-corrected chi connectivity index (χ3v) is 8.28. The molecule has 2 aromatic rings. The van der Waals surface area contributed by atoms with Crippen molar-refractivity contribution in [2.75, 3.05) is 33.8 Å². The van der Waals surface area contributed by atoms with Gasteiger partial charge >= 0.3 is 5.97 Å². The normalized spacial score (nSPS) is 22.3. The Bertz CT molecular complexity index is 1210. The first-order valence-corrected chi connectivity index (χ1v) is 13.1. The van der Waals surface area contributed by atoms with Gasteiger partial charge in [0.2, 0.25) is 21.8 Å². The maximum atomic E-state index is 13.7. The lowest BCUT2D eigenvalue weighted by molar-refractivity contribution is -0.153. The van der Waals surface area contributed by atoms with E-state index in [4.69, 9.17) is 9.47 Å². The van der Waals surface area contributed by atoms with Crippen molar-refractivity contribution in [3.8, 4) is 11.6 Å². The number of hydrogen-bond acceptors (Lipinski definition) is 8. The number of hydrogen-bond donors (Lipinski definition) is 0. The van der Waals surface area contributed by atoms with Crippen molar-refractivity contribution in [2.45, 2.75) is 42.8 Å². The first-order chi connectivity index (χ1) is 17.1. The lowest BCUT2D eigenvalue weighted by Gasteiger charge is -2.44. The van der Waals surface area contributed by atoms with Gasteiger partial charge in [0, 0.05) is 38.8 Å². The van der Waals surface area contributed by atoms with Crippen molar-refractivity contribution in [3.05, 3.63) is 48.4 Å². The van der Waals surface area contributed by atoms with Gasteiger partial charge in [0.05, 0.1) is 19.3 Å². The van der Waals surface area contributed by atoms with Crippen molar-refractivity contribution in [2.24, 2.45) is 0 Å². The highest BCUT2D eigenvalue weighted by Crippen LogP contribution is 2.37. The number of piperazine rings is 1. The summed E-state index contributed by atoms with van der Waals surface area (Å²) in [5.41, 5.74) is 0. The quantitative estimate of drug-likeness (QED) is 0.486. The number of amides is 1. The molecule has 3 atom stereocenters. The predicted molar refractivity (Wildman–Crippen MR) is 127 cm³/mol. The third kappa shape index (κ3) is 5.20. The summed E-state index contributed by atoms with van der Waals surface area (Å²) in [5.74, 6) is -0.686. The van der Waals surface area contributed by atoms with E-state index in [0.717, 1.165) is 0 Å². The zero-order chi connectivity index (χ0) is 26.0. The number of fused-ring (bicyclic) bond motifs is 2. The number of esters is 1. The zero-order valence-corrected chi connectivity index (χ0v) is 21.2. The fourth-order valence-corrected chi connectivity index (χ4v) is 6.24. The zero-order valence-electron chi connectivity index (χ0n) is 20.3. The van der Waals surface area contributed by atoms with Gasteiger partial charge in [0.15, 0.2) is 0 Å². The summed E-state index contributed by atoms with van der Waals surface area (Å²) in [6, 6.07) is 6.34. The van der Waals surface area contributed by atoms with Crippen molar-refractivity contribution >= 4 is 21.9 Å². The van der Waals surface area contributed by atoms with Crippen molar-refractivity contribution in [3.63, 3.8) is 0 Å². The smallest absolute Gasteiger partial charge is 0.326 e. The van der Waals surface area contributed by atoms with Gasteiger partial charge in [-0.1, -0.05) is 0 Å². The molecule has 194 valence electrons. The van der Waals surface area contributed by atoms with Crippen LogP contribution in [-0.2, 0) is 24.3 Å². The average molecular weight is 521 g/mol. The molecule has 2 saturated heterocycles. The molecule has 4 rings (SSSR count). The lowest BCUT2D eigenvalue weighted by Crippen LogP contribution is -2.64. The van der Waals surface area contributed by atoms with E-state index in [1.54, 1.807) is 21.0 Å². The van der Waals surface area contributed by atoms with Gasteiger partial charge in [-0.3, -0.25) is 14.5 Å². The molecule has 0 radical (unpaired) electrons. The molecule has 3 heterocycles. The molecule has 2 aliphatic rings. The summed E-state index contributed by atoms with van der Waals surface area (Å²) in [5, 5.41) is 0. The number of pyridine rings is 1. The molecule has 2 bridgehead atoms. The predicted octanol–water partition coefficient (Wildman–Crippen LogP) is 1.87. The monoisotopic (exact) mass is 520 g/mol. The highest BCUT2D eigenvalue weighted by atomic mass is 32.2. The highest BCUT2D eigenvalue weighted by Gasteiger charge is 2.54. The number of nitrogens with zero attached hydrogens (tertiary/aromatic N) is 4. The number of likely N-dealkylation sites (N-methyl/N-ethyl adjacent to an activating group) is 1. The molecular formula is C24H29FN4O6S. The topological polar surface area (TPSA) is 109 Å². The Balaban J connectivity index is 1.59. The van der Waals surface area contributed by atoms with Crippen LogP contribution in [0.15, 0.2) is 47.5 Å². The number of ether oxygens (including phenoxy) is 2. The maximum Gasteiger partial charge on any atom is 0.326 e. The van der Waals surface area contributed by atoms with Crippen LogP contribution in [-0.4, -0.2) is 91.3 Å². The molecule has 12 heteroatoms. The number of sulfonamides is 1. The van der Waals surface area contributed by atoms with Crippen molar-refractivity contribution in [1.29, 1.82) is 0 Å². The molecule has 1 amide bonds. The Morgan fingerprint density at radius 2 is 1.86 bits per heavy atom. The Kier molecular flexibility index (Phi) is 7.57. The van der Waals surface area contributed by atoms with E-state index < -0.39 is 33.9 Å². The molecule has 10 nitrogen and oxygen atoms in total. The van der Waals surface area contributed by atoms with E-state index in [9.17, 15) is 22.4 Å². The van der Waals surface area contributed by atoms with Crippen LogP contribution < -0.4 is 4.74 Å². The summed E-state index contributed by atoms with van der Waals surface area (Å²) in [4.78, 5) is 32.8. The second kappa shape index (κ2) is 10.5. The fourth-order valence-electron chi connectivity index (χ4n) is 4.65. The summed E-state index contributed by atoms with van der Waals surface area (Å²) in [7, 11) is -0.807. The molecule has 0 saturated carbocycles. The van der Waals surface area contributed by atoms with Crippen LogP contribution in [0.5, 0.6) is 11.6 Å². The first-order valence-electron chi connectivity index (χ1n) is 11.7. The van der Waals surface area contributed by atoms with Crippen molar-refractivity contribution in [1.82, 2.24) is 19.1 Å². The van der Waals surface area contributed by atoms with Crippen LogP contribution in [0.25, 0.3) is 0 Å². The minimum Gasteiger partial charge on any atom is -0.465 e. The van der Waals surface area contributed by atoms with E-state index in [1.807, 2.05) is 4.90 Å². The van der Waals surface area contributed by atoms with Crippen LogP contribution in [0, 0.1) is 5.82 Å². The van der Waals surface area contributed by atoms with E-state index in [0.29, 0.717) is 18.6 Å². The Morgan fingerprint density at radius 1 is 1.14 bits per heavy atom. The first kappa shape index (κ1) is 26.0. The molecule has 2 aliphatic heterocycles. The average Bonchev–Trinajstić information content (AvgIpc) is 3.10. The standard InChI is InChI=1S/C24H29FN4O6S/c1-4-34-24(31)23-20-11-7-17(28(20)15-22(30)27(2)3)14-29(23)36(32,33)19-10-12-21(26-13-19)35-18-8-5-16(25)6-9-18/h5-6,8-10,12-13,17,20,23H,4,7,11,14-15H2,1-3H3/t17-,20+,23+/m1/s1. The third-order valence-electron chi connectivity index (χ3n) is 6.45. The highest BCUT2D eigenvalue weighted by molar-refractivity contribution is 7.89. The number of halogens is 1. The fraction of sp³-hybridized carbons (Fsp3) is 0.458. The number of carbonyl (C=O) groups excluding carboxylic acids is 2. The molecule has 36 heavy (non-hydrogen) atoms. The van der Waals surface area contributed by atoms with Crippen molar-refractivity contribution < 1.29 is 31.9 Å². The van der Waals surface area contributed by atoms with Gasteiger partial charge in [-0.15, -0.1) is 0 Å². The largest absolute Gasteiger partial charge is 0.465 e. The van der Waals surface area contributed by atoms with Crippen LogP contribution in [0.3, 0.4) is 0 Å². The molecule has 0 aliphatic carbocycles. The van der Waals surface area contributed by atoms with Gasteiger partial charge in [-0.2, -0.15) is 4.31 Å². The SMILES string of the molecule is CCOC(=O)[C@@H]1[C@@H]2CC[C@H](CN1S(=O)(=O)c1ccc(Oc3ccc(F)cc3)nc1)N2CC(=O)N(C)C. The molecule has 2 fully saturated rings. The second-order valence-electron chi connectivity index (χ2n) is 8.92. The summed E-state index contributed by atoms with van der Waals surface area (Å²) < 4.78 is 52.4. The molecule has 0 N–H and O–H groups in total. The number of carbonyl (C=O) groups is 2. The second-order valence-corrected chi connectivity index (χ2v) is 10.8. The summed E-state index contributed by atoms with van der Waals surface area (Å²) >= 11 is 0. The van der Waals surface area contributed by atoms with Gasteiger partial charge in [-0.25, -0.2) is 17.8 Å². The molecular weight excluding hydrogens is 491 g/mol. The van der Waals surface area contributed by atoms with Crippen LogP contribution in [0.1, 0.15) is 19.8 Å². The van der Waals surface area contributed by atoms with Crippen LogP contribution >= 0.6 is 0 Å². The minimum absolute atomic E-state index is 0.0524. The summed E-state index contributed by atoms with van der Waals surface area (Å²) in [6.07, 6.45) is 2.40. The minimum atomic E-state index is -4.12. The van der Waals surface area contributed by atoms with Crippen LogP contribution in [0.2, 0.25) is 0 Å². The summed E-state index contributed by atoms with van der Waals surface area (Å²) in [6.45, 7) is 1.92. The van der Waals surface area contributed by atoms with E-state index in [-0.39, 0.29) is 42.4 Å². The number of benzene rings is 1. The molecule has 1 aromatic carbocycles. The molecule has 0 spiro atoms. The van der Waals surface area contributed by atoms with Gasteiger partial charge < -0.3 is 14.4 Å². The lowest BCUT2D eigenvalue weighted by atomic mass is 10.1. The van der Waals surface area contributed by atoms with Crippen LogP contribution in [0.4, 0.5) is 4.39 Å². The van der Waals surface area contributed by atoms with E-state index >= 15 is 0 Å².